The third-order valence-corrected chi connectivity index (χ3v) is 14.2. The Labute approximate surface area is 311 Å². The number of rotatable bonds is 12. The second-order valence-corrected chi connectivity index (χ2v) is 17.8. The van der Waals surface area contributed by atoms with E-state index in [1.54, 1.807) is 42.0 Å². The van der Waals surface area contributed by atoms with Crippen LogP contribution < -0.4 is 5.32 Å². The molecule has 0 bridgehead atoms. The fourth-order valence-electron chi connectivity index (χ4n) is 8.41. The van der Waals surface area contributed by atoms with E-state index in [9.17, 15) is 49.2 Å². The van der Waals surface area contributed by atoms with Gasteiger partial charge < -0.3 is 45.3 Å². The Bertz CT molecular complexity index is 1570. The predicted octanol–water partition coefficient (Wildman–Crippen LogP) is -0.608. The largest absolute Gasteiger partial charge is 0.477 e. The van der Waals surface area contributed by atoms with Gasteiger partial charge in [-0.25, -0.2) is 9.59 Å². The summed E-state index contributed by atoms with van der Waals surface area (Å²) in [5.41, 5.74) is -0.266. The van der Waals surface area contributed by atoms with Crippen LogP contribution >= 0.6 is 23.5 Å². The molecule has 0 aromatic rings. The minimum atomic E-state index is -1.28. The Kier molecular flexibility index (Phi) is 11.8. The van der Waals surface area contributed by atoms with Crippen LogP contribution in [0.5, 0.6) is 0 Å². The number of nitrogens with one attached hydrogen (secondary N) is 1. The van der Waals surface area contributed by atoms with Gasteiger partial charge in [-0.1, -0.05) is 13.8 Å². The van der Waals surface area contributed by atoms with E-state index in [1.807, 2.05) is 0 Å². The Morgan fingerprint density at radius 1 is 0.942 bits per heavy atom. The maximum Gasteiger partial charge on any atom is 0.353 e. The van der Waals surface area contributed by atoms with Crippen molar-refractivity contribution in [3.8, 4) is 0 Å². The highest BCUT2D eigenvalue weighted by Crippen LogP contribution is 2.52. The molecule has 288 valence electrons. The number of carboxylic acid groups (broad SMARTS) is 2. The molecule has 0 aromatic heterocycles. The first-order valence-corrected chi connectivity index (χ1v) is 19.4. The summed E-state index contributed by atoms with van der Waals surface area (Å²) in [7, 11) is 6.47. The topological polar surface area (TPSA) is 221 Å². The molecule has 18 heteroatoms. The summed E-state index contributed by atoms with van der Waals surface area (Å²) in [6.45, 7) is 7.06. The van der Waals surface area contributed by atoms with Crippen LogP contribution in [0.1, 0.15) is 40.5 Å². The second-order valence-electron chi connectivity index (χ2n) is 15.0. The van der Waals surface area contributed by atoms with Crippen molar-refractivity contribution in [2.45, 2.75) is 92.7 Å². The first-order chi connectivity index (χ1) is 24.3. The maximum atomic E-state index is 14.6. The zero-order chi connectivity index (χ0) is 38.7. The monoisotopic (exact) mass is 766 g/mol. The summed E-state index contributed by atoms with van der Waals surface area (Å²) in [6, 6.07) is -2.79. The van der Waals surface area contributed by atoms with Crippen molar-refractivity contribution in [1.29, 1.82) is 0 Å². The highest BCUT2D eigenvalue weighted by Gasteiger charge is 2.61. The number of aliphatic hydroxyl groups excluding tert-OH is 2. The normalized spacial score (nSPS) is 34.4. The van der Waals surface area contributed by atoms with Crippen LogP contribution in [0.3, 0.4) is 0 Å². The SMILES string of the molecule is C[C@@H](O)[C@@H](C(=O)N1C[C@@H](SC2=C(C(=O)O)N3C(=O)[C@H]([C@@H](C)O)[C@H]3[C@H]2C)C[C@H]1C(=O)N(C)C)[C@@H]1N=C(C(=O)O)C(S[C@@H]2CN[C@H](C(=O)N(C)C)C2)[C@@H]1C. The van der Waals surface area contributed by atoms with Gasteiger partial charge in [0, 0.05) is 62.6 Å². The average molecular weight is 767 g/mol. The molecule has 0 aromatic carbocycles. The van der Waals surface area contributed by atoms with Crippen molar-refractivity contribution in [1.82, 2.24) is 24.9 Å². The van der Waals surface area contributed by atoms with Gasteiger partial charge in [0.1, 0.15) is 17.5 Å². The number of likely N-dealkylation sites (tertiary alicyclic amines) is 1. The lowest BCUT2D eigenvalue weighted by Gasteiger charge is -2.46. The highest BCUT2D eigenvalue weighted by molar-refractivity contribution is 8.03. The van der Waals surface area contributed by atoms with Crippen LogP contribution in [0.25, 0.3) is 0 Å². The van der Waals surface area contributed by atoms with Crippen LogP contribution in [0.15, 0.2) is 15.6 Å². The Morgan fingerprint density at radius 2 is 1.58 bits per heavy atom. The van der Waals surface area contributed by atoms with Gasteiger partial charge in [-0.15, -0.1) is 23.5 Å². The molecule has 0 saturated carbocycles. The predicted molar refractivity (Wildman–Crippen MR) is 193 cm³/mol. The molecular formula is C34H50N6O10S2. The number of aliphatic imine (C=N–C) groups is 1. The summed E-state index contributed by atoms with van der Waals surface area (Å²) in [6.07, 6.45) is -1.56. The molecule has 16 nitrogen and oxygen atoms in total. The van der Waals surface area contributed by atoms with Crippen molar-refractivity contribution >= 4 is 64.8 Å². The van der Waals surface area contributed by atoms with Gasteiger partial charge in [-0.2, -0.15) is 0 Å². The number of aliphatic hydroxyl groups is 2. The summed E-state index contributed by atoms with van der Waals surface area (Å²) in [5.74, 6) is -6.80. The number of hydrogen-bond acceptors (Lipinski definition) is 12. The minimum absolute atomic E-state index is 0.0301. The zero-order valence-electron chi connectivity index (χ0n) is 30.6. The molecule has 5 N–H and O–H groups in total. The summed E-state index contributed by atoms with van der Waals surface area (Å²) >= 11 is 2.60. The van der Waals surface area contributed by atoms with E-state index in [2.05, 4.69) is 10.3 Å². The van der Waals surface area contributed by atoms with Crippen molar-refractivity contribution in [2.24, 2.45) is 28.7 Å². The number of carboxylic acids is 2. The molecule has 5 rings (SSSR count). The Balaban J connectivity index is 1.39. The van der Waals surface area contributed by atoms with Crippen molar-refractivity contribution in [3.63, 3.8) is 0 Å². The summed E-state index contributed by atoms with van der Waals surface area (Å²) in [5, 5.41) is 43.8. The first-order valence-electron chi connectivity index (χ1n) is 17.5. The number of aliphatic carboxylic acids is 2. The van der Waals surface area contributed by atoms with Crippen molar-refractivity contribution < 1.29 is 49.2 Å². The number of carbonyl (C=O) groups excluding carboxylic acids is 4. The van der Waals surface area contributed by atoms with E-state index in [0.29, 0.717) is 17.9 Å². The molecule has 1 unspecified atom stereocenters. The lowest BCUT2D eigenvalue weighted by Crippen LogP contribution is -2.63. The summed E-state index contributed by atoms with van der Waals surface area (Å²) < 4.78 is 0. The molecule has 3 saturated heterocycles. The number of β-lactam (4-membered cyclic amide) rings is 1. The molecule has 0 spiro atoms. The number of thioether (sulfide) groups is 2. The fourth-order valence-corrected chi connectivity index (χ4v) is 11.5. The van der Waals surface area contributed by atoms with Gasteiger partial charge >= 0.3 is 11.9 Å². The smallest absolute Gasteiger partial charge is 0.353 e. The van der Waals surface area contributed by atoms with Crippen LogP contribution in [-0.4, -0.2) is 175 Å². The quantitative estimate of drug-likeness (QED) is 0.157. The number of fused-ring (bicyclic) bond motifs is 1. The molecule has 5 heterocycles. The number of amides is 4. The maximum absolute atomic E-state index is 14.6. The van der Waals surface area contributed by atoms with Crippen LogP contribution in [0.4, 0.5) is 0 Å². The van der Waals surface area contributed by atoms with Crippen LogP contribution in [-0.2, 0) is 28.8 Å². The Morgan fingerprint density at radius 3 is 2.12 bits per heavy atom. The number of likely N-dealkylation sites (N-methyl/N-ethyl adjacent to an activating group) is 2. The minimum Gasteiger partial charge on any atom is -0.477 e. The summed E-state index contributed by atoms with van der Waals surface area (Å²) in [4.78, 5) is 89.0. The first kappa shape index (κ1) is 40.0. The molecule has 0 aliphatic carbocycles. The van der Waals surface area contributed by atoms with Gasteiger partial charge in [-0.05, 0) is 32.6 Å². The molecule has 13 atom stereocenters. The van der Waals surface area contributed by atoms with Crippen molar-refractivity contribution in [2.75, 3.05) is 41.3 Å². The lowest BCUT2D eigenvalue weighted by atomic mass is 9.79. The molecular weight excluding hydrogens is 717 g/mol. The molecule has 3 fully saturated rings. The second kappa shape index (κ2) is 15.3. The van der Waals surface area contributed by atoms with Crippen LogP contribution in [0, 0.1) is 23.7 Å². The average Bonchev–Trinajstić information content (AvgIpc) is 3.82. The van der Waals surface area contributed by atoms with E-state index in [-0.39, 0.29) is 41.4 Å². The number of nitrogens with zero attached hydrogens (tertiary/aromatic N) is 5. The van der Waals surface area contributed by atoms with E-state index in [1.165, 1.54) is 57.0 Å². The van der Waals surface area contributed by atoms with Gasteiger partial charge in [0.2, 0.25) is 23.6 Å². The zero-order valence-corrected chi connectivity index (χ0v) is 32.3. The third-order valence-electron chi connectivity index (χ3n) is 11.0. The van der Waals surface area contributed by atoms with Gasteiger partial charge in [0.15, 0.2) is 0 Å². The van der Waals surface area contributed by atoms with Gasteiger partial charge in [0.05, 0.1) is 47.4 Å². The third kappa shape index (κ3) is 7.08. The van der Waals surface area contributed by atoms with E-state index in [0.717, 1.165) is 0 Å². The van der Waals surface area contributed by atoms with E-state index < -0.39 is 94.3 Å². The molecule has 4 amide bonds. The van der Waals surface area contributed by atoms with Crippen LogP contribution in [0.2, 0.25) is 0 Å². The molecule has 52 heavy (non-hydrogen) atoms. The fraction of sp³-hybridized carbons (Fsp3) is 0.735. The standard InChI is InChI=1S/C34H50N6O10S2/c1-13-23(36-24(33(47)48)27(13)51-17-9-19(35-11-17)29(43)37(5)6)21(15(3)41)31(45)39-12-18(10-20(39)30(44)38(7)8)52-28-14(2)25-22(16(4)42)32(46)40(25)26(28)34(49)50/h13-23,25,27,35,41-42H,9-12H2,1-8H3,(H,47,48)(H,49,50)/t13-,14-,15-,16-,17+,18+,19+,20+,21-,22-,23-,25-,27?/m1/s1. The number of carbonyl (C=O) groups is 6. The van der Waals surface area contributed by atoms with Gasteiger partial charge in [-0.3, -0.25) is 24.2 Å². The highest BCUT2D eigenvalue weighted by atomic mass is 32.2. The molecule has 5 aliphatic rings. The number of hydrogen-bond donors (Lipinski definition) is 5. The van der Waals surface area contributed by atoms with Gasteiger partial charge in [0.25, 0.3) is 0 Å². The van der Waals surface area contributed by atoms with E-state index in [4.69, 9.17) is 0 Å². The van der Waals surface area contributed by atoms with E-state index >= 15 is 0 Å². The lowest BCUT2D eigenvalue weighted by molar-refractivity contribution is -0.163. The molecule has 0 radical (unpaired) electrons. The Hall–Kier alpha value is -3.19. The van der Waals surface area contributed by atoms with Crippen molar-refractivity contribution in [3.05, 3.63) is 10.6 Å². The molecule has 5 aliphatic heterocycles.